The first kappa shape index (κ1) is 45.5. The third-order valence-corrected chi connectivity index (χ3v) is 5.43. The minimum absolute atomic E-state index is 0. The fourth-order valence-corrected chi connectivity index (χ4v) is 3.54. The van der Waals surface area contributed by atoms with Crippen molar-refractivity contribution in [3.05, 3.63) is 120 Å². The number of rotatable bonds is 5. The average molecular weight is 531 g/mol. The minimum Gasteiger partial charge on any atom is -0.0955 e. The van der Waals surface area contributed by atoms with Gasteiger partial charge in [0.1, 0.15) is 0 Å². The maximum atomic E-state index is 4.12. The van der Waals surface area contributed by atoms with Crippen molar-refractivity contribution in [3.8, 4) is 11.1 Å². The Labute approximate surface area is 245 Å². The molecule has 3 aromatic carbocycles. The Hall–Kier alpha value is -3.38. The second-order valence-corrected chi connectivity index (χ2v) is 8.80. The lowest BCUT2D eigenvalue weighted by Crippen LogP contribution is -1.93. The van der Waals surface area contributed by atoms with Crippen molar-refractivity contribution in [3.63, 3.8) is 0 Å². The van der Waals surface area contributed by atoms with Gasteiger partial charge in [0.2, 0.25) is 0 Å². The lowest BCUT2D eigenvalue weighted by atomic mass is 9.90. The first-order chi connectivity index (χ1) is 16.0. The zero-order valence-electron chi connectivity index (χ0n) is 22.6. The van der Waals surface area contributed by atoms with Crippen molar-refractivity contribution < 1.29 is 0 Å². The van der Waals surface area contributed by atoms with Crippen molar-refractivity contribution in [2.24, 2.45) is 0 Å². The molecule has 39 heavy (non-hydrogen) atoms. The summed E-state index contributed by atoms with van der Waals surface area (Å²) < 4.78 is 0. The highest BCUT2D eigenvalue weighted by atomic mass is 14.1. The second-order valence-electron chi connectivity index (χ2n) is 8.80. The van der Waals surface area contributed by atoms with E-state index < -0.39 is 0 Å². The van der Waals surface area contributed by atoms with Crippen LogP contribution in [0.25, 0.3) is 33.4 Å². The molecular formula is C39H62. The number of allylic oxidation sites excluding steroid dienone is 4. The molecule has 0 bridgehead atoms. The molecule has 0 aliphatic carbocycles. The zero-order valence-corrected chi connectivity index (χ0v) is 22.6. The number of benzene rings is 3. The highest BCUT2D eigenvalue weighted by molar-refractivity contribution is 5.84. The van der Waals surface area contributed by atoms with Crippen LogP contribution in [0, 0.1) is 13.8 Å². The van der Waals surface area contributed by atoms with E-state index in [1.165, 1.54) is 22.3 Å². The summed E-state index contributed by atoms with van der Waals surface area (Å²) >= 11 is 0. The van der Waals surface area contributed by atoms with Crippen LogP contribution in [-0.2, 0) is 0 Å². The predicted octanol–water partition coefficient (Wildman–Crippen LogP) is 14.0. The highest BCUT2D eigenvalue weighted by Gasteiger charge is 2.10. The SMILES string of the molecule is C.C.C.C.C.C=C(C)c1ccc(-c2ccc(C(=C)C)c(C(=C)C)c2)cc1C(=C)C.CC.Cc1ccc(C)cc1. The second kappa shape index (κ2) is 21.5. The summed E-state index contributed by atoms with van der Waals surface area (Å²) in [5.74, 6) is 0. The lowest BCUT2D eigenvalue weighted by molar-refractivity contribution is 1.40. The smallest absolute Gasteiger partial charge is 0.0152 e. The summed E-state index contributed by atoms with van der Waals surface area (Å²) in [5.41, 5.74) is 13.8. The molecular weight excluding hydrogens is 468 g/mol. The van der Waals surface area contributed by atoms with Crippen molar-refractivity contribution >= 4 is 22.3 Å². The van der Waals surface area contributed by atoms with Gasteiger partial charge in [-0.1, -0.05) is 159 Å². The van der Waals surface area contributed by atoms with E-state index in [1.807, 2.05) is 41.5 Å². The van der Waals surface area contributed by atoms with Gasteiger partial charge in [0, 0.05) is 0 Å². The van der Waals surface area contributed by atoms with Crippen LogP contribution in [0.3, 0.4) is 0 Å². The van der Waals surface area contributed by atoms with E-state index in [-0.39, 0.29) is 37.1 Å². The van der Waals surface area contributed by atoms with Gasteiger partial charge in [-0.05, 0) is 87.1 Å². The van der Waals surface area contributed by atoms with Gasteiger partial charge < -0.3 is 0 Å². The first-order valence-corrected chi connectivity index (χ1v) is 12.0. The van der Waals surface area contributed by atoms with Crippen molar-refractivity contribution in [1.82, 2.24) is 0 Å². The Balaban J connectivity index is -0.000000221. The highest BCUT2D eigenvalue weighted by Crippen LogP contribution is 2.32. The summed E-state index contributed by atoms with van der Waals surface area (Å²) in [5, 5.41) is 0. The van der Waals surface area contributed by atoms with Crippen LogP contribution in [0.5, 0.6) is 0 Å². The normalized spacial score (nSPS) is 8.41. The van der Waals surface area contributed by atoms with Gasteiger partial charge in [0.05, 0.1) is 0 Å². The largest absolute Gasteiger partial charge is 0.0955 e. The molecule has 0 heterocycles. The van der Waals surface area contributed by atoms with Crippen LogP contribution in [0.15, 0.2) is 87.0 Å². The molecule has 0 aliphatic rings. The average Bonchev–Trinajstić information content (AvgIpc) is 2.81. The molecule has 0 atom stereocenters. The number of hydrogen-bond acceptors (Lipinski definition) is 0. The van der Waals surface area contributed by atoms with Crippen LogP contribution in [0.4, 0.5) is 0 Å². The Kier molecular flexibility index (Phi) is 25.2. The molecule has 3 aromatic rings. The van der Waals surface area contributed by atoms with E-state index >= 15 is 0 Å². The fraction of sp³-hybridized carbons (Fsp3) is 0.333. The molecule has 3 rings (SSSR count). The van der Waals surface area contributed by atoms with Crippen LogP contribution < -0.4 is 0 Å². The molecule has 0 amide bonds. The lowest BCUT2D eigenvalue weighted by Gasteiger charge is -2.15. The van der Waals surface area contributed by atoms with Gasteiger partial charge in [0.25, 0.3) is 0 Å². The third kappa shape index (κ3) is 13.3. The molecule has 0 spiro atoms. The van der Waals surface area contributed by atoms with Crippen LogP contribution in [-0.4, -0.2) is 0 Å². The van der Waals surface area contributed by atoms with E-state index in [9.17, 15) is 0 Å². The summed E-state index contributed by atoms with van der Waals surface area (Å²) in [7, 11) is 0. The van der Waals surface area contributed by atoms with Gasteiger partial charge in [-0.3, -0.25) is 0 Å². The van der Waals surface area contributed by atoms with E-state index in [0.29, 0.717) is 0 Å². The Morgan fingerprint density at radius 3 is 0.846 bits per heavy atom. The summed E-state index contributed by atoms with van der Waals surface area (Å²) in [6, 6.07) is 21.4. The third-order valence-electron chi connectivity index (χ3n) is 5.43. The molecule has 0 nitrogen and oxygen atoms in total. The Bertz CT molecular complexity index is 1070. The first-order valence-electron chi connectivity index (χ1n) is 12.0. The molecule has 0 saturated heterocycles. The van der Waals surface area contributed by atoms with Crippen LogP contribution >= 0.6 is 0 Å². The zero-order chi connectivity index (χ0) is 26.0. The maximum absolute atomic E-state index is 4.12. The molecule has 0 radical (unpaired) electrons. The van der Waals surface area contributed by atoms with E-state index in [2.05, 4.69) is 101 Å². The van der Waals surface area contributed by atoms with E-state index in [0.717, 1.165) is 44.5 Å². The van der Waals surface area contributed by atoms with E-state index in [1.54, 1.807) is 0 Å². The molecule has 0 heteroatoms. The summed E-state index contributed by atoms with van der Waals surface area (Å²) in [4.78, 5) is 0. The summed E-state index contributed by atoms with van der Waals surface area (Å²) in [6.45, 7) is 32.7. The summed E-state index contributed by atoms with van der Waals surface area (Å²) in [6.07, 6.45) is 0. The monoisotopic (exact) mass is 530 g/mol. The van der Waals surface area contributed by atoms with Gasteiger partial charge >= 0.3 is 0 Å². The molecule has 218 valence electrons. The van der Waals surface area contributed by atoms with E-state index in [4.69, 9.17) is 0 Å². The van der Waals surface area contributed by atoms with Crippen molar-refractivity contribution in [2.45, 2.75) is 92.5 Å². The van der Waals surface area contributed by atoms with Crippen LogP contribution in [0.2, 0.25) is 0 Å². The molecule has 0 saturated carbocycles. The van der Waals surface area contributed by atoms with Crippen molar-refractivity contribution in [2.75, 3.05) is 0 Å². The Morgan fingerprint density at radius 1 is 0.410 bits per heavy atom. The Morgan fingerprint density at radius 2 is 0.641 bits per heavy atom. The molecule has 0 fully saturated rings. The molecule has 0 N–H and O–H groups in total. The minimum atomic E-state index is 0. The quantitative estimate of drug-likeness (QED) is 0.308. The topological polar surface area (TPSA) is 0 Å². The predicted molar refractivity (Wildman–Crippen MR) is 192 cm³/mol. The van der Waals surface area contributed by atoms with Crippen LogP contribution in [0.1, 0.15) is 112 Å². The van der Waals surface area contributed by atoms with Gasteiger partial charge in [-0.25, -0.2) is 0 Å². The maximum Gasteiger partial charge on any atom is -0.0152 e. The van der Waals surface area contributed by atoms with Gasteiger partial charge in [0.15, 0.2) is 0 Å². The number of hydrogen-bond donors (Lipinski definition) is 0. The van der Waals surface area contributed by atoms with Gasteiger partial charge in [-0.2, -0.15) is 0 Å². The van der Waals surface area contributed by atoms with Crippen molar-refractivity contribution in [1.29, 1.82) is 0 Å². The molecule has 0 unspecified atom stereocenters. The number of aryl methyl sites for hydroxylation is 2. The van der Waals surface area contributed by atoms with Gasteiger partial charge in [-0.15, -0.1) is 0 Å². The standard InChI is InChI=1S/C24H26.C8H10.C2H6.5CH4/c1-15(2)21-11-9-19(13-23(21)17(5)6)20-10-12-22(16(3)4)24(14-20)18(7)8;1-7-3-5-8(2)6-4-7;1-2;;;;;/h9-14H,1,3,5,7H2,2,4,6,8H3;3-6H,1-2H3;1-2H3;5*1H4. The fourth-order valence-electron chi connectivity index (χ4n) is 3.54. The molecule has 0 aromatic heterocycles. The molecule has 0 aliphatic heterocycles.